The summed E-state index contributed by atoms with van der Waals surface area (Å²) >= 11 is 1.27. The van der Waals surface area contributed by atoms with Crippen LogP contribution in [0.4, 0.5) is 0 Å². The molecule has 0 aromatic heterocycles. The molecule has 0 heterocycles. The lowest BCUT2D eigenvalue weighted by molar-refractivity contribution is -0.137. The summed E-state index contributed by atoms with van der Waals surface area (Å²) in [7, 11) is 1.34. The molecule has 86 valence electrons. The Bertz CT molecular complexity index is 388. The standard InChI is InChI=1S/C12H14O3S/c1-9-4-3-5-10(6-9)11(13)7-16-8-12(14)15-2/h3-6H,7-8H2,1-2H3. The fourth-order valence-corrected chi connectivity index (χ4v) is 1.93. The Kier molecular flexibility index (Phi) is 5.05. The molecular formula is C12H14O3S. The lowest BCUT2D eigenvalue weighted by atomic mass is 10.1. The van der Waals surface area contributed by atoms with Gasteiger partial charge in [0, 0.05) is 5.56 Å². The van der Waals surface area contributed by atoms with E-state index < -0.39 is 0 Å². The smallest absolute Gasteiger partial charge is 0.315 e. The van der Waals surface area contributed by atoms with Gasteiger partial charge in [-0.1, -0.05) is 23.8 Å². The summed E-state index contributed by atoms with van der Waals surface area (Å²) in [6.07, 6.45) is 0. The molecule has 0 aliphatic heterocycles. The van der Waals surface area contributed by atoms with Crippen LogP contribution in [0.5, 0.6) is 0 Å². The zero-order valence-electron chi connectivity index (χ0n) is 9.36. The van der Waals surface area contributed by atoms with Crippen LogP contribution in [-0.2, 0) is 9.53 Å². The molecule has 0 amide bonds. The van der Waals surface area contributed by atoms with Crippen LogP contribution < -0.4 is 0 Å². The zero-order valence-corrected chi connectivity index (χ0v) is 10.2. The van der Waals surface area contributed by atoms with Crippen molar-refractivity contribution in [2.24, 2.45) is 0 Å². The number of ketones is 1. The van der Waals surface area contributed by atoms with Gasteiger partial charge in [0.05, 0.1) is 18.6 Å². The number of esters is 1. The summed E-state index contributed by atoms with van der Waals surface area (Å²) in [6, 6.07) is 7.43. The van der Waals surface area contributed by atoms with Gasteiger partial charge < -0.3 is 4.74 Å². The van der Waals surface area contributed by atoms with Gasteiger partial charge in [0.25, 0.3) is 0 Å². The summed E-state index contributed by atoms with van der Waals surface area (Å²) in [5.41, 5.74) is 1.75. The van der Waals surface area contributed by atoms with Crippen molar-refractivity contribution in [1.82, 2.24) is 0 Å². The molecular weight excluding hydrogens is 224 g/mol. The summed E-state index contributed by atoms with van der Waals surface area (Å²) in [4.78, 5) is 22.5. The van der Waals surface area contributed by atoms with Gasteiger partial charge >= 0.3 is 5.97 Å². The number of aryl methyl sites for hydroxylation is 1. The van der Waals surface area contributed by atoms with Gasteiger partial charge in [-0.2, -0.15) is 0 Å². The van der Waals surface area contributed by atoms with E-state index in [1.54, 1.807) is 6.07 Å². The molecule has 3 nitrogen and oxygen atoms in total. The van der Waals surface area contributed by atoms with Gasteiger partial charge in [0.1, 0.15) is 0 Å². The monoisotopic (exact) mass is 238 g/mol. The van der Waals surface area contributed by atoms with Crippen molar-refractivity contribution in [3.63, 3.8) is 0 Å². The number of hydrogen-bond acceptors (Lipinski definition) is 4. The van der Waals surface area contributed by atoms with Crippen LogP contribution in [0, 0.1) is 6.92 Å². The Labute approximate surface area is 99.2 Å². The SMILES string of the molecule is COC(=O)CSCC(=O)c1cccc(C)c1. The number of carbonyl (C=O) groups is 2. The predicted molar refractivity (Wildman–Crippen MR) is 64.9 cm³/mol. The van der Waals surface area contributed by atoms with E-state index in [2.05, 4.69) is 4.74 Å². The first-order valence-corrected chi connectivity index (χ1v) is 6.03. The Hall–Kier alpha value is -1.29. The number of methoxy groups -OCH3 is 1. The molecule has 0 saturated heterocycles. The van der Waals surface area contributed by atoms with Gasteiger partial charge in [-0.3, -0.25) is 9.59 Å². The Balaban J connectivity index is 2.44. The van der Waals surface area contributed by atoms with Gasteiger partial charge in [-0.15, -0.1) is 11.8 Å². The molecule has 0 aliphatic rings. The second-order valence-electron chi connectivity index (χ2n) is 3.36. The van der Waals surface area contributed by atoms with Gasteiger partial charge in [0.15, 0.2) is 5.78 Å². The van der Waals surface area contributed by atoms with E-state index in [0.717, 1.165) is 5.56 Å². The van der Waals surface area contributed by atoms with Gasteiger partial charge in [-0.05, 0) is 13.0 Å². The minimum Gasteiger partial charge on any atom is -0.468 e. The molecule has 0 unspecified atom stereocenters. The normalized spacial score (nSPS) is 9.88. The lowest BCUT2D eigenvalue weighted by Crippen LogP contribution is -2.08. The molecule has 1 rings (SSSR count). The average Bonchev–Trinajstić information content (AvgIpc) is 2.28. The van der Waals surface area contributed by atoms with E-state index in [-0.39, 0.29) is 17.5 Å². The number of thioether (sulfide) groups is 1. The fourth-order valence-electron chi connectivity index (χ4n) is 1.19. The minimum atomic E-state index is -0.304. The molecule has 1 aromatic carbocycles. The maximum absolute atomic E-state index is 11.7. The Morgan fingerprint density at radius 2 is 2.06 bits per heavy atom. The highest BCUT2D eigenvalue weighted by Gasteiger charge is 2.07. The molecule has 0 N–H and O–H groups in total. The van der Waals surface area contributed by atoms with E-state index in [0.29, 0.717) is 11.3 Å². The summed E-state index contributed by atoms with van der Waals surface area (Å²) in [5.74, 6) is 0.256. The van der Waals surface area contributed by atoms with Gasteiger partial charge in [0.2, 0.25) is 0 Å². The highest BCUT2D eigenvalue weighted by molar-refractivity contribution is 8.00. The summed E-state index contributed by atoms with van der Waals surface area (Å²) < 4.78 is 4.49. The van der Waals surface area contributed by atoms with E-state index in [4.69, 9.17) is 0 Å². The second kappa shape index (κ2) is 6.33. The number of Topliss-reactive ketones (excluding diaryl/α,β-unsaturated/α-hetero) is 1. The average molecular weight is 238 g/mol. The molecule has 16 heavy (non-hydrogen) atoms. The maximum Gasteiger partial charge on any atom is 0.315 e. The van der Waals surface area contributed by atoms with Crippen LogP contribution in [0.15, 0.2) is 24.3 Å². The topological polar surface area (TPSA) is 43.4 Å². The number of rotatable bonds is 5. The van der Waals surface area contributed by atoms with Crippen molar-refractivity contribution < 1.29 is 14.3 Å². The van der Waals surface area contributed by atoms with E-state index in [1.807, 2.05) is 25.1 Å². The van der Waals surface area contributed by atoms with E-state index >= 15 is 0 Å². The van der Waals surface area contributed by atoms with Crippen molar-refractivity contribution >= 4 is 23.5 Å². The first-order chi connectivity index (χ1) is 7.63. The van der Waals surface area contributed by atoms with Gasteiger partial charge in [-0.25, -0.2) is 0 Å². The largest absolute Gasteiger partial charge is 0.468 e. The van der Waals surface area contributed by atoms with Crippen molar-refractivity contribution in [3.8, 4) is 0 Å². The van der Waals surface area contributed by atoms with Crippen molar-refractivity contribution in [1.29, 1.82) is 0 Å². The second-order valence-corrected chi connectivity index (χ2v) is 4.35. The highest BCUT2D eigenvalue weighted by Crippen LogP contribution is 2.09. The first-order valence-electron chi connectivity index (χ1n) is 4.88. The fraction of sp³-hybridized carbons (Fsp3) is 0.333. The quantitative estimate of drug-likeness (QED) is 0.582. The molecule has 4 heteroatoms. The third kappa shape index (κ3) is 4.06. The summed E-state index contributed by atoms with van der Waals surface area (Å²) in [5, 5.41) is 0. The molecule has 0 atom stereocenters. The molecule has 0 aliphatic carbocycles. The van der Waals surface area contributed by atoms with Crippen LogP contribution in [-0.4, -0.2) is 30.4 Å². The maximum atomic E-state index is 11.7. The molecule has 0 spiro atoms. The van der Waals surface area contributed by atoms with Crippen molar-refractivity contribution in [2.45, 2.75) is 6.92 Å². The third-order valence-corrected chi connectivity index (χ3v) is 2.93. The van der Waals surface area contributed by atoms with E-state index in [9.17, 15) is 9.59 Å². The van der Waals surface area contributed by atoms with Crippen molar-refractivity contribution in [3.05, 3.63) is 35.4 Å². The highest BCUT2D eigenvalue weighted by atomic mass is 32.2. The summed E-state index contributed by atoms with van der Waals surface area (Å²) in [6.45, 7) is 1.94. The molecule has 0 fully saturated rings. The van der Waals surface area contributed by atoms with Crippen LogP contribution in [0.25, 0.3) is 0 Å². The number of benzene rings is 1. The van der Waals surface area contributed by atoms with Crippen LogP contribution >= 0.6 is 11.8 Å². The molecule has 0 saturated carbocycles. The minimum absolute atomic E-state index is 0.0394. The third-order valence-electron chi connectivity index (χ3n) is 2.02. The molecule has 1 aromatic rings. The van der Waals surface area contributed by atoms with E-state index in [1.165, 1.54) is 18.9 Å². The van der Waals surface area contributed by atoms with Crippen molar-refractivity contribution in [2.75, 3.05) is 18.6 Å². The Morgan fingerprint density at radius 1 is 1.31 bits per heavy atom. The molecule has 0 bridgehead atoms. The predicted octanol–water partition coefficient (Wildman–Crippen LogP) is 2.08. The molecule has 0 radical (unpaired) electrons. The van der Waals surface area contributed by atoms with Crippen LogP contribution in [0.1, 0.15) is 15.9 Å². The van der Waals surface area contributed by atoms with Crippen LogP contribution in [0.3, 0.4) is 0 Å². The number of carbonyl (C=O) groups excluding carboxylic acids is 2. The van der Waals surface area contributed by atoms with Crippen LogP contribution in [0.2, 0.25) is 0 Å². The first kappa shape index (κ1) is 12.8. The lowest BCUT2D eigenvalue weighted by Gasteiger charge is -2.01. The Morgan fingerprint density at radius 3 is 2.69 bits per heavy atom. The number of hydrogen-bond donors (Lipinski definition) is 0. The number of ether oxygens (including phenoxy) is 1. The zero-order chi connectivity index (χ0) is 12.0.